The second-order valence-electron chi connectivity index (χ2n) is 4.52. The molecule has 0 bridgehead atoms. The topological polar surface area (TPSA) is 75.4 Å². The highest BCUT2D eigenvalue weighted by Crippen LogP contribution is 2.01. The van der Waals surface area contributed by atoms with Crippen LogP contribution >= 0.6 is 0 Å². The van der Waals surface area contributed by atoms with Crippen LogP contribution in [0.25, 0.3) is 5.78 Å². The van der Waals surface area contributed by atoms with Gasteiger partial charge in [0.2, 0.25) is 5.82 Å². The van der Waals surface area contributed by atoms with Gasteiger partial charge in [-0.2, -0.15) is 4.98 Å². The Morgan fingerprint density at radius 2 is 2.15 bits per heavy atom. The Bertz CT molecular complexity index is 590. The van der Waals surface area contributed by atoms with Crippen molar-refractivity contribution in [3.63, 3.8) is 0 Å². The predicted octanol–water partition coefficient (Wildman–Crippen LogP) is 0.504. The molecule has 7 nitrogen and oxygen atoms in total. The highest BCUT2D eigenvalue weighted by Gasteiger charge is 2.13. The summed E-state index contributed by atoms with van der Waals surface area (Å²) in [6.45, 7) is 9.45. The minimum Gasteiger partial charge on any atom is -0.348 e. The monoisotopic (exact) mass is 276 g/mol. The maximum atomic E-state index is 12.0. The molecule has 108 valence electrons. The molecule has 0 radical (unpaired) electrons. The third kappa shape index (κ3) is 3.11. The van der Waals surface area contributed by atoms with Gasteiger partial charge in [0.05, 0.1) is 0 Å². The first kappa shape index (κ1) is 14.4. The molecule has 0 fully saturated rings. The van der Waals surface area contributed by atoms with E-state index in [2.05, 4.69) is 39.1 Å². The van der Waals surface area contributed by atoms with Crippen LogP contribution in [0.1, 0.15) is 30.2 Å². The minimum atomic E-state index is -0.262. The molecule has 0 saturated heterocycles. The molecule has 2 rings (SSSR count). The summed E-state index contributed by atoms with van der Waals surface area (Å²) in [5, 5.41) is 7.00. The van der Waals surface area contributed by atoms with Crippen molar-refractivity contribution < 1.29 is 4.79 Å². The molecular weight excluding hydrogens is 256 g/mol. The van der Waals surface area contributed by atoms with Crippen LogP contribution in [-0.2, 0) is 0 Å². The number of carbonyl (C=O) groups excluding carboxylic acids is 1. The van der Waals surface area contributed by atoms with Crippen molar-refractivity contribution in [1.29, 1.82) is 0 Å². The lowest BCUT2D eigenvalue weighted by atomic mass is 10.4. The fraction of sp³-hybridized carbons (Fsp3) is 0.538. The van der Waals surface area contributed by atoms with E-state index in [-0.39, 0.29) is 11.7 Å². The van der Waals surface area contributed by atoms with E-state index >= 15 is 0 Å². The summed E-state index contributed by atoms with van der Waals surface area (Å²) in [6.07, 6.45) is 1.65. The second-order valence-corrected chi connectivity index (χ2v) is 4.52. The summed E-state index contributed by atoms with van der Waals surface area (Å²) >= 11 is 0. The van der Waals surface area contributed by atoms with Gasteiger partial charge in [-0.3, -0.25) is 4.79 Å². The first-order valence-electron chi connectivity index (χ1n) is 6.84. The predicted molar refractivity (Wildman–Crippen MR) is 75.6 cm³/mol. The van der Waals surface area contributed by atoms with Gasteiger partial charge in [-0.05, 0) is 26.1 Å². The number of nitrogens with one attached hydrogen (secondary N) is 1. The zero-order valence-corrected chi connectivity index (χ0v) is 12.1. The van der Waals surface area contributed by atoms with Crippen molar-refractivity contribution in [2.45, 2.75) is 20.8 Å². The van der Waals surface area contributed by atoms with E-state index in [1.54, 1.807) is 10.7 Å². The molecule has 0 spiro atoms. The quantitative estimate of drug-likeness (QED) is 0.831. The largest absolute Gasteiger partial charge is 0.348 e. The lowest BCUT2D eigenvalue weighted by Crippen LogP contribution is -2.35. The molecule has 0 aliphatic heterocycles. The summed E-state index contributed by atoms with van der Waals surface area (Å²) in [5.74, 6) is 0.340. The number of aryl methyl sites for hydroxylation is 1. The van der Waals surface area contributed by atoms with E-state index in [4.69, 9.17) is 0 Å². The van der Waals surface area contributed by atoms with Crippen LogP contribution in [0.2, 0.25) is 0 Å². The van der Waals surface area contributed by atoms with Crippen LogP contribution in [0.15, 0.2) is 12.3 Å². The first-order valence-corrected chi connectivity index (χ1v) is 6.84. The fourth-order valence-electron chi connectivity index (χ4n) is 1.95. The number of rotatable bonds is 6. The lowest BCUT2D eigenvalue weighted by molar-refractivity contribution is 0.0938. The van der Waals surface area contributed by atoms with Crippen LogP contribution in [-0.4, -0.2) is 56.6 Å². The van der Waals surface area contributed by atoms with Crippen molar-refractivity contribution in [3.05, 3.63) is 23.8 Å². The fourth-order valence-corrected chi connectivity index (χ4v) is 1.95. The average molecular weight is 276 g/mol. The number of amides is 1. The summed E-state index contributed by atoms with van der Waals surface area (Å²) in [7, 11) is 0. The van der Waals surface area contributed by atoms with Gasteiger partial charge in [-0.1, -0.05) is 13.8 Å². The summed E-state index contributed by atoms with van der Waals surface area (Å²) in [5.41, 5.74) is 0.893. The summed E-state index contributed by atoms with van der Waals surface area (Å²) < 4.78 is 1.57. The van der Waals surface area contributed by atoms with Gasteiger partial charge in [-0.25, -0.2) is 9.50 Å². The van der Waals surface area contributed by atoms with Crippen molar-refractivity contribution in [2.75, 3.05) is 26.2 Å². The third-order valence-corrected chi connectivity index (χ3v) is 3.24. The molecule has 7 heteroatoms. The van der Waals surface area contributed by atoms with Gasteiger partial charge in [0, 0.05) is 25.0 Å². The maximum absolute atomic E-state index is 12.0. The molecule has 20 heavy (non-hydrogen) atoms. The van der Waals surface area contributed by atoms with E-state index in [1.165, 1.54) is 0 Å². The van der Waals surface area contributed by atoms with Crippen LogP contribution in [0.4, 0.5) is 0 Å². The van der Waals surface area contributed by atoms with Crippen molar-refractivity contribution in [1.82, 2.24) is 29.8 Å². The van der Waals surface area contributed by atoms with Crippen LogP contribution < -0.4 is 5.32 Å². The van der Waals surface area contributed by atoms with Gasteiger partial charge >= 0.3 is 0 Å². The Morgan fingerprint density at radius 3 is 2.80 bits per heavy atom. The van der Waals surface area contributed by atoms with Gasteiger partial charge in [0.15, 0.2) is 0 Å². The van der Waals surface area contributed by atoms with E-state index < -0.39 is 0 Å². The Hall–Kier alpha value is -2.02. The highest BCUT2D eigenvalue weighted by molar-refractivity contribution is 5.90. The molecular formula is C13H20N6O. The SMILES string of the molecule is CCN(CC)CCNC(=O)c1nc2nccc(C)n2n1. The number of aromatic nitrogens is 4. The lowest BCUT2D eigenvalue weighted by Gasteiger charge is -2.17. The van der Waals surface area contributed by atoms with E-state index in [9.17, 15) is 4.79 Å². The molecule has 1 amide bonds. The molecule has 0 atom stereocenters. The van der Waals surface area contributed by atoms with Crippen LogP contribution in [0.3, 0.4) is 0 Å². The molecule has 1 N–H and O–H groups in total. The number of nitrogens with zero attached hydrogens (tertiary/aromatic N) is 5. The number of hydrogen-bond acceptors (Lipinski definition) is 5. The normalized spacial score (nSPS) is 11.2. The van der Waals surface area contributed by atoms with Gasteiger partial charge in [0.1, 0.15) is 0 Å². The number of hydrogen-bond donors (Lipinski definition) is 1. The molecule has 0 aromatic carbocycles. The molecule has 2 heterocycles. The summed E-state index contributed by atoms with van der Waals surface area (Å²) in [6, 6.07) is 1.82. The van der Waals surface area contributed by atoms with Crippen molar-refractivity contribution >= 4 is 11.7 Å². The first-order chi connectivity index (χ1) is 9.65. The highest BCUT2D eigenvalue weighted by atomic mass is 16.2. The van der Waals surface area contributed by atoms with Gasteiger partial charge in [-0.15, -0.1) is 5.10 Å². The van der Waals surface area contributed by atoms with E-state index in [1.807, 2.05) is 13.0 Å². The molecule has 2 aromatic heterocycles. The molecule has 2 aromatic rings. The van der Waals surface area contributed by atoms with Gasteiger partial charge in [0.25, 0.3) is 11.7 Å². The van der Waals surface area contributed by atoms with Crippen LogP contribution in [0.5, 0.6) is 0 Å². The van der Waals surface area contributed by atoms with Crippen LogP contribution in [0, 0.1) is 6.92 Å². The van der Waals surface area contributed by atoms with Crippen molar-refractivity contribution in [2.24, 2.45) is 0 Å². The smallest absolute Gasteiger partial charge is 0.291 e. The zero-order chi connectivity index (χ0) is 14.5. The number of likely N-dealkylation sites (N-methyl/N-ethyl adjacent to an activating group) is 1. The zero-order valence-electron chi connectivity index (χ0n) is 12.1. The molecule has 0 aliphatic carbocycles. The molecule has 0 aliphatic rings. The van der Waals surface area contributed by atoms with E-state index in [0.717, 1.165) is 25.3 Å². The number of fused-ring (bicyclic) bond motifs is 1. The Labute approximate surface area is 118 Å². The number of carbonyl (C=O) groups is 1. The maximum Gasteiger partial charge on any atom is 0.291 e. The average Bonchev–Trinajstić information content (AvgIpc) is 2.89. The van der Waals surface area contributed by atoms with Gasteiger partial charge < -0.3 is 10.2 Å². The Kier molecular flexibility index (Phi) is 4.62. The summed E-state index contributed by atoms with van der Waals surface area (Å²) in [4.78, 5) is 22.4. The third-order valence-electron chi connectivity index (χ3n) is 3.24. The standard InChI is InChI=1S/C13H20N6O/c1-4-18(5-2)9-8-14-12(20)11-16-13-15-7-6-10(3)19(13)17-11/h6-7H,4-5,8-9H2,1-3H3,(H,14,20). The molecule has 0 saturated carbocycles. The Morgan fingerprint density at radius 1 is 1.40 bits per heavy atom. The second kappa shape index (κ2) is 6.42. The molecule has 0 unspecified atom stereocenters. The van der Waals surface area contributed by atoms with Crippen molar-refractivity contribution in [3.8, 4) is 0 Å². The van der Waals surface area contributed by atoms with E-state index in [0.29, 0.717) is 12.3 Å². The minimum absolute atomic E-state index is 0.159. The Balaban J connectivity index is 1.99.